The first-order valence-corrected chi connectivity index (χ1v) is 9.87. The van der Waals surface area contributed by atoms with Crippen molar-refractivity contribution in [1.29, 1.82) is 0 Å². The van der Waals surface area contributed by atoms with E-state index in [4.69, 9.17) is 0 Å². The number of carbonyl (C=O) groups excluding carboxylic acids is 1. The van der Waals surface area contributed by atoms with E-state index in [2.05, 4.69) is 32.7 Å². The number of aromatic nitrogens is 2. The summed E-state index contributed by atoms with van der Waals surface area (Å²) < 4.78 is 0. The van der Waals surface area contributed by atoms with Crippen LogP contribution in [0.4, 0.5) is 10.5 Å². The van der Waals surface area contributed by atoms with E-state index in [0.717, 1.165) is 41.8 Å². The van der Waals surface area contributed by atoms with E-state index in [1.165, 1.54) is 11.1 Å². The molecule has 29 heavy (non-hydrogen) atoms. The SMILES string of the molecule is O=C(NCCc1ccccc1)Nc1ccc(CCc2nc3ccccc3[nH]2)cc1. The Morgan fingerprint density at radius 3 is 2.31 bits per heavy atom. The summed E-state index contributed by atoms with van der Waals surface area (Å²) in [5.41, 5.74) is 5.28. The van der Waals surface area contributed by atoms with Gasteiger partial charge in [0.25, 0.3) is 0 Å². The van der Waals surface area contributed by atoms with Crippen LogP contribution in [-0.2, 0) is 19.3 Å². The van der Waals surface area contributed by atoms with E-state index >= 15 is 0 Å². The van der Waals surface area contributed by atoms with Gasteiger partial charge < -0.3 is 15.6 Å². The van der Waals surface area contributed by atoms with Gasteiger partial charge in [0.2, 0.25) is 0 Å². The number of aryl methyl sites for hydroxylation is 2. The predicted octanol–water partition coefficient (Wildman–Crippen LogP) is 4.71. The number of nitrogens with one attached hydrogen (secondary N) is 3. The van der Waals surface area contributed by atoms with E-state index < -0.39 is 0 Å². The number of nitrogens with zero attached hydrogens (tertiary/aromatic N) is 1. The first-order valence-electron chi connectivity index (χ1n) is 9.87. The maximum absolute atomic E-state index is 12.0. The lowest BCUT2D eigenvalue weighted by atomic mass is 10.1. The number of aromatic amines is 1. The molecule has 0 aliphatic rings. The molecule has 0 saturated carbocycles. The fourth-order valence-electron chi connectivity index (χ4n) is 3.28. The molecule has 0 radical (unpaired) electrons. The number of para-hydroxylation sites is 2. The standard InChI is InChI=1S/C24H24N4O/c29-24(25-17-16-18-6-2-1-3-7-18)26-20-13-10-19(11-14-20)12-15-23-27-21-8-4-5-9-22(21)28-23/h1-11,13-14H,12,15-17H2,(H,27,28)(H2,25,26,29). The molecule has 5 nitrogen and oxygen atoms in total. The van der Waals surface area contributed by atoms with E-state index in [-0.39, 0.29) is 6.03 Å². The summed E-state index contributed by atoms with van der Waals surface area (Å²) in [6, 6.07) is 26.0. The third-order valence-electron chi connectivity index (χ3n) is 4.84. The Morgan fingerprint density at radius 2 is 1.52 bits per heavy atom. The van der Waals surface area contributed by atoms with Gasteiger partial charge in [-0.05, 0) is 48.2 Å². The van der Waals surface area contributed by atoms with Gasteiger partial charge in [-0.3, -0.25) is 0 Å². The van der Waals surface area contributed by atoms with Crippen molar-refractivity contribution in [1.82, 2.24) is 15.3 Å². The molecule has 0 aliphatic carbocycles. The fraction of sp³-hybridized carbons (Fsp3) is 0.167. The monoisotopic (exact) mass is 384 g/mol. The fourth-order valence-corrected chi connectivity index (χ4v) is 3.28. The van der Waals surface area contributed by atoms with Crippen molar-refractivity contribution in [2.75, 3.05) is 11.9 Å². The molecule has 0 atom stereocenters. The maximum Gasteiger partial charge on any atom is 0.319 e. The highest BCUT2D eigenvalue weighted by atomic mass is 16.2. The highest BCUT2D eigenvalue weighted by Gasteiger charge is 2.04. The number of amides is 2. The minimum Gasteiger partial charge on any atom is -0.342 e. The smallest absolute Gasteiger partial charge is 0.319 e. The lowest BCUT2D eigenvalue weighted by Crippen LogP contribution is -2.30. The summed E-state index contributed by atoms with van der Waals surface area (Å²) in [5, 5.41) is 5.77. The van der Waals surface area contributed by atoms with Gasteiger partial charge in [0.1, 0.15) is 5.82 Å². The number of urea groups is 1. The Morgan fingerprint density at radius 1 is 0.793 bits per heavy atom. The lowest BCUT2D eigenvalue weighted by molar-refractivity contribution is 0.252. The molecule has 0 bridgehead atoms. The van der Waals surface area contributed by atoms with Crippen molar-refractivity contribution in [3.63, 3.8) is 0 Å². The number of anilines is 1. The van der Waals surface area contributed by atoms with Crippen molar-refractivity contribution >= 4 is 22.8 Å². The van der Waals surface area contributed by atoms with Crippen molar-refractivity contribution in [2.24, 2.45) is 0 Å². The summed E-state index contributed by atoms with van der Waals surface area (Å²) in [5.74, 6) is 0.992. The zero-order chi connectivity index (χ0) is 19.9. The van der Waals surface area contributed by atoms with E-state index in [1.54, 1.807) is 0 Å². The number of fused-ring (bicyclic) bond motifs is 1. The van der Waals surface area contributed by atoms with Gasteiger partial charge in [0, 0.05) is 18.7 Å². The van der Waals surface area contributed by atoms with Gasteiger partial charge in [-0.1, -0.05) is 54.6 Å². The van der Waals surface area contributed by atoms with Crippen molar-refractivity contribution < 1.29 is 4.79 Å². The van der Waals surface area contributed by atoms with Gasteiger partial charge in [-0.25, -0.2) is 9.78 Å². The molecule has 4 aromatic rings. The van der Waals surface area contributed by atoms with Gasteiger partial charge >= 0.3 is 6.03 Å². The molecule has 3 aromatic carbocycles. The van der Waals surface area contributed by atoms with Crippen molar-refractivity contribution in [3.05, 3.63) is 95.8 Å². The number of imidazole rings is 1. The number of hydrogen-bond acceptors (Lipinski definition) is 2. The Bertz CT molecular complexity index is 1040. The first-order chi connectivity index (χ1) is 14.3. The Labute approximate surface area is 170 Å². The molecular formula is C24H24N4O. The lowest BCUT2D eigenvalue weighted by Gasteiger charge is -2.08. The zero-order valence-electron chi connectivity index (χ0n) is 16.2. The summed E-state index contributed by atoms with van der Waals surface area (Å²) >= 11 is 0. The second-order valence-corrected chi connectivity index (χ2v) is 7.01. The van der Waals surface area contributed by atoms with Crippen LogP contribution in [-0.4, -0.2) is 22.5 Å². The van der Waals surface area contributed by atoms with Crippen LogP contribution in [0.3, 0.4) is 0 Å². The summed E-state index contributed by atoms with van der Waals surface area (Å²) in [6.07, 6.45) is 2.56. The molecule has 1 aromatic heterocycles. The largest absolute Gasteiger partial charge is 0.342 e. The second-order valence-electron chi connectivity index (χ2n) is 7.01. The first kappa shape index (κ1) is 18.7. The highest BCUT2D eigenvalue weighted by molar-refractivity contribution is 5.89. The molecule has 3 N–H and O–H groups in total. The average molecular weight is 384 g/mol. The molecule has 0 unspecified atom stereocenters. The molecular weight excluding hydrogens is 360 g/mol. The molecule has 0 fully saturated rings. The summed E-state index contributed by atoms with van der Waals surface area (Å²) in [6.45, 7) is 0.603. The normalized spacial score (nSPS) is 10.8. The van der Waals surface area contributed by atoms with Gasteiger partial charge in [0.15, 0.2) is 0 Å². The Balaban J connectivity index is 1.23. The third-order valence-corrected chi connectivity index (χ3v) is 4.84. The molecule has 0 aliphatic heterocycles. The van der Waals surface area contributed by atoms with Crippen LogP contribution in [0.5, 0.6) is 0 Å². The number of hydrogen-bond donors (Lipinski definition) is 3. The maximum atomic E-state index is 12.0. The van der Waals surface area contributed by atoms with Crippen molar-refractivity contribution in [2.45, 2.75) is 19.3 Å². The third kappa shape index (κ3) is 5.23. The van der Waals surface area contributed by atoms with Crippen LogP contribution >= 0.6 is 0 Å². The molecule has 5 heteroatoms. The van der Waals surface area contributed by atoms with Crippen LogP contribution in [0.1, 0.15) is 17.0 Å². The number of carbonyl (C=O) groups is 1. The Kier molecular flexibility index (Phi) is 5.86. The van der Waals surface area contributed by atoms with Crippen LogP contribution in [0.25, 0.3) is 11.0 Å². The minimum absolute atomic E-state index is 0.184. The molecule has 4 rings (SSSR count). The molecule has 146 valence electrons. The quantitative estimate of drug-likeness (QED) is 0.432. The van der Waals surface area contributed by atoms with E-state index in [0.29, 0.717) is 6.54 Å². The molecule has 1 heterocycles. The minimum atomic E-state index is -0.184. The molecule has 0 saturated heterocycles. The van der Waals surface area contributed by atoms with Crippen LogP contribution in [0.2, 0.25) is 0 Å². The number of rotatable bonds is 7. The van der Waals surface area contributed by atoms with Crippen LogP contribution in [0.15, 0.2) is 78.9 Å². The van der Waals surface area contributed by atoms with Gasteiger partial charge in [0.05, 0.1) is 11.0 Å². The highest BCUT2D eigenvalue weighted by Crippen LogP contribution is 2.14. The van der Waals surface area contributed by atoms with Gasteiger partial charge in [-0.2, -0.15) is 0 Å². The van der Waals surface area contributed by atoms with Crippen LogP contribution < -0.4 is 10.6 Å². The predicted molar refractivity (Wildman–Crippen MR) is 117 cm³/mol. The van der Waals surface area contributed by atoms with E-state index in [9.17, 15) is 4.79 Å². The zero-order valence-corrected chi connectivity index (χ0v) is 16.2. The van der Waals surface area contributed by atoms with Crippen molar-refractivity contribution in [3.8, 4) is 0 Å². The topological polar surface area (TPSA) is 69.8 Å². The van der Waals surface area contributed by atoms with E-state index in [1.807, 2.05) is 66.7 Å². The number of benzene rings is 3. The number of H-pyrrole nitrogens is 1. The second kappa shape index (κ2) is 9.06. The summed E-state index contributed by atoms with van der Waals surface area (Å²) in [7, 11) is 0. The average Bonchev–Trinajstić information content (AvgIpc) is 3.17. The van der Waals surface area contributed by atoms with Crippen LogP contribution in [0, 0.1) is 0 Å². The summed E-state index contributed by atoms with van der Waals surface area (Å²) in [4.78, 5) is 20.0. The molecule has 2 amide bonds. The van der Waals surface area contributed by atoms with Gasteiger partial charge in [-0.15, -0.1) is 0 Å². The molecule has 0 spiro atoms. The Hall–Kier alpha value is -3.60.